The first-order valence-electron chi connectivity index (χ1n) is 8.28. The molecule has 1 aromatic carbocycles. The SMILES string of the molecule is CSCc1cc(-c2nc3c(C)cc(Cl)cc3c(=O)o2)n(-c2ncccc2Cl)n1. The van der Waals surface area contributed by atoms with E-state index < -0.39 is 5.63 Å². The quantitative estimate of drug-likeness (QED) is 0.455. The van der Waals surface area contributed by atoms with E-state index in [2.05, 4.69) is 15.1 Å². The van der Waals surface area contributed by atoms with Crippen LogP contribution in [0.2, 0.25) is 10.0 Å². The summed E-state index contributed by atoms with van der Waals surface area (Å²) in [5, 5.41) is 5.80. The molecule has 142 valence electrons. The molecule has 0 bridgehead atoms. The minimum Gasteiger partial charge on any atom is -0.401 e. The molecule has 0 unspecified atom stereocenters. The number of benzene rings is 1. The number of aromatic nitrogens is 4. The van der Waals surface area contributed by atoms with Crippen molar-refractivity contribution in [1.29, 1.82) is 0 Å². The lowest BCUT2D eigenvalue weighted by atomic mass is 10.1. The van der Waals surface area contributed by atoms with Crippen LogP contribution in [0.4, 0.5) is 0 Å². The fraction of sp³-hybridized carbons (Fsp3) is 0.158. The second-order valence-electron chi connectivity index (χ2n) is 6.10. The Labute approximate surface area is 174 Å². The largest absolute Gasteiger partial charge is 0.401 e. The van der Waals surface area contributed by atoms with E-state index in [0.29, 0.717) is 38.2 Å². The third-order valence-corrected chi connectivity index (χ3v) is 5.20. The van der Waals surface area contributed by atoms with Crippen LogP contribution in [0.15, 0.2) is 45.7 Å². The number of fused-ring (bicyclic) bond motifs is 1. The molecular formula is C19H14Cl2N4O2S. The topological polar surface area (TPSA) is 73.8 Å². The fourth-order valence-electron chi connectivity index (χ4n) is 2.91. The standard InChI is InChI=1S/C19H14Cl2N4O2S/c1-10-6-11(20)7-13-16(10)23-18(27-19(13)26)15-8-12(9-28-2)24-25(15)17-14(21)4-3-5-22-17/h3-8H,9H2,1-2H3. The van der Waals surface area contributed by atoms with Gasteiger partial charge in [-0.25, -0.2) is 19.4 Å². The maximum absolute atomic E-state index is 12.6. The minimum absolute atomic E-state index is 0.143. The van der Waals surface area contributed by atoms with Crippen LogP contribution in [0.25, 0.3) is 28.3 Å². The molecule has 0 aliphatic rings. The maximum atomic E-state index is 12.6. The molecule has 28 heavy (non-hydrogen) atoms. The Balaban J connectivity index is 1.99. The molecule has 0 aliphatic heterocycles. The smallest absolute Gasteiger partial charge is 0.347 e. The van der Waals surface area contributed by atoms with Gasteiger partial charge in [-0.05, 0) is 49.1 Å². The van der Waals surface area contributed by atoms with Crippen LogP contribution in [0.3, 0.4) is 0 Å². The first-order chi connectivity index (χ1) is 13.5. The summed E-state index contributed by atoms with van der Waals surface area (Å²) in [7, 11) is 0. The van der Waals surface area contributed by atoms with E-state index in [9.17, 15) is 4.79 Å². The molecule has 9 heteroatoms. The first kappa shape index (κ1) is 19.0. The lowest BCUT2D eigenvalue weighted by Crippen LogP contribution is -2.08. The van der Waals surface area contributed by atoms with Crippen LogP contribution >= 0.6 is 35.0 Å². The molecule has 0 saturated carbocycles. The molecule has 3 aromatic heterocycles. The van der Waals surface area contributed by atoms with Gasteiger partial charge in [-0.15, -0.1) is 0 Å². The van der Waals surface area contributed by atoms with Gasteiger partial charge in [0.15, 0.2) is 5.82 Å². The summed E-state index contributed by atoms with van der Waals surface area (Å²) in [6, 6.07) is 8.59. The normalized spacial score (nSPS) is 11.3. The number of pyridine rings is 1. The van der Waals surface area contributed by atoms with E-state index in [0.717, 1.165) is 11.3 Å². The number of nitrogens with zero attached hydrogens (tertiary/aromatic N) is 4. The molecule has 6 nitrogen and oxygen atoms in total. The van der Waals surface area contributed by atoms with Gasteiger partial charge in [0.2, 0.25) is 5.89 Å². The van der Waals surface area contributed by atoms with E-state index in [1.165, 1.54) is 0 Å². The molecule has 0 radical (unpaired) electrons. The van der Waals surface area contributed by atoms with Crippen LogP contribution in [0.1, 0.15) is 11.3 Å². The zero-order valence-electron chi connectivity index (χ0n) is 14.9. The molecular weight excluding hydrogens is 419 g/mol. The number of rotatable bonds is 4. The number of hydrogen-bond acceptors (Lipinski definition) is 6. The molecule has 0 aliphatic carbocycles. The summed E-state index contributed by atoms with van der Waals surface area (Å²) < 4.78 is 7.07. The average Bonchev–Trinajstić information content (AvgIpc) is 3.07. The minimum atomic E-state index is -0.517. The van der Waals surface area contributed by atoms with E-state index in [-0.39, 0.29) is 5.89 Å². The summed E-state index contributed by atoms with van der Waals surface area (Å²) >= 11 is 14.0. The Kier molecular flexibility index (Phi) is 5.14. The molecule has 0 amide bonds. The van der Waals surface area contributed by atoms with E-state index in [1.54, 1.807) is 46.9 Å². The Hall–Kier alpha value is -2.35. The number of hydrogen-bond donors (Lipinski definition) is 0. The predicted octanol–water partition coefficient (Wildman–Crippen LogP) is 4.91. The van der Waals surface area contributed by atoms with Gasteiger partial charge < -0.3 is 4.42 Å². The Morgan fingerprint density at radius 2 is 2.07 bits per heavy atom. The number of thioether (sulfide) groups is 1. The van der Waals surface area contributed by atoms with E-state index >= 15 is 0 Å². The molecule has 0 atom stereocenters. The second kappa shape index (κ2) is 7.58. The van der Waals surface area contributed by atoms with Crippen molar-refractivity contribution in [1.82, 2.24) is 19.7 Å². The first-order valence-corrected chi connectivity index (χ1v) is 10.4. The van der Waals surface area contributed by atoms with Crippen LogP contribution in [-0.2, 0) is 5.75 Å². The van der Waals surface area contributed by atoms with Crippen molar-refractivity contribution in [2.24, 2.45) is 0 Å². The molecule has 3 heterocycles. The van der Waals surface area contributed by atoms with E-state index in [1.807, 2.05) is 19.2 Å². The highest BCUT2D eigenvalue weighted by atomic mass is 35.5. The zero-order valence-corrected chi connectivity index (χ0v) is 17.3. The average molecular weight is 433 g/mol. The Bertz CT molecular complexity index is 1250. The summed E-state index contributed by atoms with van der Waals surface area (Å²) in [4.78, 5) is 21.5. The lowest BCUT2D eigenvalue weighted by molar-refractivity contribution is 0.513. The van der Waals surface area contributed by atoms with Crippen LogP contribution in [-0.4, -0.2) is 26.0 Å². The summed E-state index contributed by atoms with van der Waals surface area (Å²) in [6.45, 7) is 1.84. The molecule has 0 spiro atoms. The zero-order chi connectivity index (χ0) is 19.8. The molecule has 4 rings (SSSR count). The maximum Gasteiger partial charge on any atom is 0.347 e. The highest BCUT2D eigenvalue weighted by Gasteiger charge is 2.20. The van der Waals surface area contributed by atoms with Crippen LogP contribution < -0.4 is 5.63 Å². The van der Waals surface area contributed by atoms with E-state index in [4.69, 9.17) is 27.6 Å². The van der Waals surface area contributed by atoms with Gasteiger partial charge in [-0.2, -0.15) is 16.9 Å². The number of halogens is 2. The van der Waals surface area contributed by atoms with Gasteiger partial charge in [-0.1, -0.05) is 23.2 Å². The van der Waals surface area contributed by atoms with Crippen LogP contribution in [0.5, 0.6) is 0 Å². The predicted molar refractivity (Wildman–Crippen MR) is 113 cm³/mol. The summed E-state index contributed by atoms with van der Waals surface area (Å²) in [5.41, 5.74) is 2.08. The fourth-order valence-corrected chi connectivity index (χ4v) is 3.82. The summed E-state index contributed by atoms with van der Waals surface area (Å²) in [5.74, 6) is 1.25. The van der Waals surface area contributed by atoms with Crippen molar-refractivity contribution in [3.05, 3.63) is 68.3 Å². The highest BCUT2D eigenvalue weighted by Crippen LogP contribution is 2.28. The second-order valence-corrected chi connectivity index (χ2v) is 7.81. The van der Waals surface area contributed by atoms with Gasteiger partial charge in [0.1, 0.15) is 5.69 Å². The Morgan fingerprint density at radius 1 is 1.25 bits per heavy atom. The third-order valence-electron chi connectivity index (χ3n) is 4.10. The van der Waals surface area contributed by atoms with Gasteiger partial charge in [0, 0.05) is 17.0 Å². The molecule has 0 fully saturated rings. The lowest BCUT2D eigenvalue weighted by Gasteiger charge is -2.08. The van der Waals surface area contributed by atoms with Gasteiger partial charge in [0.25, 0.3) is 0 Å². The van der Waals surface area contributed by atoms with Crippen molar-refractivity contribution in [2.75, 3.05) is 6.26 Å². The molecule has 0 N–H and O–H groups in total. The van der Waals surface area contributed by atoms with Crippen molar-refractivity contribution in [3.8, 4) is 17.4 Å². The van der Waals surface area contributed by atoms with Gasteiger partial charge in [0.05, 0.1) is 21.6 Å². The third kappa shape index (κ3) is 3.41. The van der Waals surface area contributed by atoms with Crippen LogP contribution in [0, 0.1) is 6.92 Å². The van der Waals surface area contributed by atoms with Gasteiger partial charge >= 0.3 is 5.63 Å². The highest BCUT2D eigenvalue weighted by molar-refractivity contribution is 7.97. The summed E-state index contributed by atoms with van der Waals surface area (Å²) in [6.07, 6.45) is 3.60. The van der Waals surface area contributed by atoms with Crippen molar-refractivity contribution in [3.63, 3.8) is 0 Å². The van der Waals surface area contributed by atoms with Gasteiger partial charge in [-0.3, -0.25) is 0 Å². The Morgan fingerprint density at radius 3 is 2.82 bits per heavy atom. The number of aryl methyl sites for hydroxylation is 1. The molecule has 0 saturated heterocycles. The van der Waals surface area contributed by atoms with Crippen molar-refractivity contribution in [2.45, 2.75) is 12.7 Å². The van der Waals surface area contributed by atoms with Crippen molar-refractivity contribution >= 4 is 45.9 Å². The molecule has 4 aromatic rings. The monoisotopic (exact) mass is 432 g/mol. The van der Waals surface area contributed by atoms with Crippen molar-refractivity contribution < 1.29 is 4.42 Å².